The van der Waals surface area contributed by atoms with Crippen molar-refractivity contribution < 1.29 is 14.6 Å². The van der Waals surface area contributed by atoms with E-state index in [9.17, 15) is 9.90 Å². The number of ether oxygens (including phenoxy) is 2. The molecule has 2 aromatic heterocycles. The van der Waals surface area contributed by atoms with Crippen LogP contribution in [0.2, 0.25) is 5.02 Å². The van der Waals surface area contributed by atoms with Crippen LogP contribution in [0.5, 0.6) is 11.5 Å². The minimum absolute atomic E-state index is 0.0158. The molecule has 0 radical (unpaired) electrons. The normalized spacial score (nSPS) is 15.6. The Morgan fingerprint density at radius 3 is 2.66 bits per heavy atom. The first-order valence-electron chi connectivity index (χ1n) is 9.91. The van der Waals surface area contributed by atoms with Crippen LogP contribution in [0.25, 0.3) is 17.0 Å². The van der Waals surface area contributed by atoms with Crippen molar-refractivity contribution in [1.29, 1.82) is 0 Å². The van der Waals surface area contributed by atoms with Crippen LogP contribution < -0.4 is 19.9 Å². The lowest BCUT2D eigenvalue weighted by atomic mass is 9.95. The fraction of sp³-hybridized carbons (Fsp3) is 0.227. The second-order valence-corrected chi connectivity index (χ2v) is 7.77. The molecule has 0 aliphatic carbocycles. The lowest BCUT2D eigenvalue weighted by molar-refractivity contribution is 0.169. The zero-order valence-corrected chi connectivity index (χ0v) is 18.1. The predicted octanol–water partition coefficient (Wildman–Crippen LogP) is 2.83. The van der Waals surface area contributed by atoms with Gasteiger partial charge in [-0.2, -0.15) is 9.78 Å². The molecule has 32 heavy (non-hydrogen) atoms. The van der Waals surface area contributed by atoms with E-state index in [1.54, 1.807) is 31.3 Å². The number of benzene rings is 2. The third kappa shape index (κ3) is 3.17. The summed E-state index contributed by atoms with van der Waals surface area (Å²) in [5.74, 6) is 1.47. The monoisotopic (exact) mass is 453 g/mol. The van der Waals surface area contributed by atoms with Gasteiger partial charge >= 0.3 is 0 Å². The van der Waals surface area contributed by atoms with E-state index in [1.807, 2.05) is 24.3 Å². The van der Waals surface area contributed by atoms with E-state index in [2.05, 4.69) is 15.1 Å². The van der Waals surface area contributed by atoms with Gasteiger partial charge in [0.1, 0.15) is 22.6 Å². The Balaban J connectivity index is 1.55. The molecule has 1 atom stereocenters. The number of fused-ring (bicyclic) bond motifs is 2. The number of imidazole rings is 1. The fourth-order valence-corrected chi connectivity index (χ4v) is 4.34. The number of rotatable bonds is 4. The molecule has 9 nitrogen and oxygen atoms in total. The van der Waals surface area contributed by atoms with Crippen molar-refractivity contribution in [1.82, 2.24) is 19.7 Å². The second-order valence-electron chi connectivity index (χ2n) is 7.40. The number of aliphatic hydroxyl groups is 1. The first kappa shape index (κ1) is 20.3. The van der Waals surface area contributed by atoms with Gasteiger partial charge in [0.25, 0.3) is 5.56 Å². The number of β-amino-alcohol motifs (C(OH)–C–C–N with tert-alkyl or cyclic N) is 1. The summed E-state index contributed by atoms with van der Waals surface area (Å²) in [6.45, 7) is 0.578. The summed E-state index contributed by atoms with van der Waals surface area (Å²) < 4.78 is 12.0. The largest absolute Gasteiger partial charge is 0.496 e. The molecule has 5 rings (SSSR count). The van der Waals surface area contributed by atoms with E-state index >= 15 is 0 Å². The average molecular weight is 454 g/mol. The Morgan fingerprint density at radius 1 is 1.16 bits per heavy atom. The Morgan fingerprint density at radius 2 is 1.91 bits per heavy atom. The number of nitrogens with one attached hydrogen (secondary N) is 1. The molecule has 0 fully saturated rings. The molecule has 3 heterocycles. The molecule has 1 aliphatic heterocycles. The third-order valence-corrected chi connectivity index (χ3v) is 5.96. The van der Waals surface area contributed by atoms with Gasteiger partial charge in [0, 0.05) is 24.2 Å². The molecule has 0 saturated carbocycles. The first-order chi connectivity index (χ1) is 15.5. The molecular weight excluding hydrogens is 434 g/mol. The number of para-hydroxylation sites is 2. The summed E-state index contributed by atoms with van der Waals surface area (Å²) in [6.07, 6.45) is 0.638. The lowest BCUT2D eigenvalue weighted by Gasteiger charge is -2.35. The average Bonchev–Trinajstić information content (AvgIpc) is 3.23. The smallest absolute Gasteiger partial charge is 0.295 e. The Bertz CT molecular complexity index is 1350. The summed E-state index contributed by atoms with van der Waals surface area (Å²) in [4.78, 5) is 22.3. The van der Waals surface area contributed by atoms with Gasteiger partial charge in [-0.3, -0.25) is 4.79 Å². The van der Waals surface area contributed by atoms with Crippen molar-refractivity contribution in [2.75, 3.05) is 25.7 Å². The molecule has 0 spiro atoms. The maximum atomic E-state index is 13.0. The predicted molar refractivity (Wildman–Crippen MR) is 120 cm³/mol. The van der Waals surface area contributed by atoms with Crippen LogP contribution in [-0.2, 0) is 6.54 Å². The van der Waals surface area contributed by atoms with Gasteiger partial charge in [0.05, 0.1) is 37.1 Å². The van der Waals surface area contributed by atoms with Gasteiger partial charge in [0.2, 0.25) is 5.95 Å². The van der Waals surface area contributed by atoms with Crippen LogP contribution in [0.4, 0.5) is 5.69 Å². The number of H-pyrrole nitrogens is 1. The molecule has 4 aromatic rings. The molecule has 164 valence electrons. The van der Waals surface area contributed by atoms with Crippen molar-refractivity contribution in [2.45, 2.75) is 12.6 Å². The topological polar surface area (TPSA) is 106 Å². The van der Waals surface area contributed by atoms with Crippen molar-refractivity contribution >= 4 is 28.3 Å². The second kappa shape index (κ2) is 7.85. The molecule has 0 bridgehead atoms. The van der Waals surface area contributed by atoms with Crippen molar-refractivity contribution in [3.63, 3.8) is 0 Å². The van der Waals surface area contributed by atoms with Gasteiger partial charge in [-0.05, 0) is 24.3 Å². The number of halogens is 1. The Labute approximate surface area is 187 Å². The Kier molecular flexibility index (Phi) is 4.99. The number of aliphatic hydroxyl groups excluding tert-OH is 1. The summed E-state index contributed by atoms with van der Waals surface area (Å²) in [5.41, 5.74) is 2.84. The van der Waals surface area contributed by atoms with Gasteiger partial charge < -0.3 is 24.5 Å². The molecule has 2 N–H and O–H groups in total. The molecule has 2 aromatic carbocycles. The van der Waals surface area contributed by atoms with Gasteiger partial charge in [0.15, 0.2) is 0 Å². The summed E-state index contributed by atoms with van der Waals surface area (Å²) >= 11 is 6.49. The van der Waals surface area contributed by atoms with Crippen molar-refractivity contribution in [2.24, 2.45) is 0 Å². The lowest BCUT2D eigenvalue weighted by Crippen LogP contribution is -2.36. The van der Waals surface area contributed by atoms with Crippen LogP contribution in [0.3, 0.4) is 0 Å². The van der Waals surface area contributed by atoms with Crippen LogP contribution in [0.15, 0.2) is 47.4 Å². The van der Waals surface area contributed by atoms with E-state index < -0.39 is 11.7 Å². The zero-order valence-electron chi connectivity index (χ0n) is 17.4. The first-order valence-corrected chi connectivity index (χ1v) is 10.3. The number of aromatic nitrogens is 4. The van der Waals surface area contributed by atoms with E-state index in [1.165, 1.54) is 6.20 Å². The number of hydrogen-bond donors (Lipinski definition) is 2. The summed E-state index contributed by atoms with van der Waals surface area (Å²) in [5, 5.41) is 15.1. The van der Waals surface area contributed by atoms with E-state index in [0.717, 1.165) is 15.8 Å². The van der Waals surface area contributed by atoms with Crippen LogP contribution in [-0.4, -0.2) is 45.6 Å². The van der Waals surface area contributed by atoms with Crippen LogP contribution in [0, 0.1) is 0 Å². The number of nitrogens with zero attached hydrogens (tertiary/aromatic N) is 4. The van der Waals surface area contributed by atoms with Crippen LogP contribution >= 0.6 is 11.6 Å². The fourth-order valence-electron chi connectivity index (χ4n) is 4.09. The third-order valence-electron chi connectivity index (χ3n) is 5.61. The number of hydrogen-bond acceptors (Lipinski definition) is 7. The minimum atomic E-state index is -0.863. The highest BCUT2D eigenvalue weighted by Crippen LogP contribution is 2.41. The number of anilines is 1. The highest BCUT2D eigenvalue weighted by atomic mass is 35.5. The zero-order chi connectivity index (χ0) is 22.4. The van der Waals surface area contributed by atoms with Crippen LogP contribution in [0.1, 0.15) is 17.2 Å². The molecule has 10 heteroatoms. The molecular formula is C22H20ClN5O4. The number of aromatic amines is 1. The maximum absolute atomic E-state index is 13.0. The van der Waals surface area contributed by atoms with Gasteiger partial charge in [-0.25, -0.2) is 4.98 Å². The molecule has 0 saturated heterocycles. The summed E-state index contributed by atoms with van der Waals surface area (Å²) in [7, 11) is 3.12. The van der Waals surface area contributed by atoms with Gasteiger partial charge in [-0.15, -0.1) is 0 Å². The highest BCUT2D eigenvalue weighted by molar-refractivity contribution is 6.33. The van der Waals surface area contributed by atoms with E-state index in [0.29, 0.717) is 34.8 Å². The number of methoxy groups -OCH3 is 2. The minimum Gasteiger partial charge on any atom is -0.496 e. The molecule has 1 aliphatic rings. The van der Waals surface area contributed by atoms with Gasteiger partial charge in [-0.1, -0.05) is 23.7 Å². The molecule has 1 unspecified atom stereocenters. The van der Waals surface area contributed by atoms with Crippen molar-refractivity contribution in [3.05, 3.63) is 69.1 Å². The standard InChI is InChI=1S/C22H20ClN5O4/c1-31-17-7-8-18(32-2)19-12(17)10-27(11-16(19)29)15-9-24-28(21(30)20(15)23)22-25-13-5-3-4-6-14(13)26-22/h3-9,16,29H,10-11H2,1-2H3,(H,25,26). The molecule has 0 amide bonds. The highest BCUT2D eigenvalue weighted by Gasteiger charge is 2.31. The summed E-state index contributed by atoms with van der Waals surface area (Å²) in [6, 6.07) is 11.0. The van der Waals surface area contributed by atoms with Crippen molar-refractivity contribution in [3.8, 4) is 17.4 Å². The SMILES string of the molecule is COc1ccc(OC)c2c1CN(c1cnn(-c3nc4ccccc4[nH]3)c(=O)c1Cl)CC2O. The Hall–Kier alpha value is -3.56. The van der Waals surface area contributed by atoms with E-state index in [4.69, 9.17) is 21.1 Å². The quantitative estimate of drug-likeness (QED) is 0.489. The van der Waals surface area contributed by atoms with E-state index in [-0.39, 0.29) is 17.5 Å². The maximum Gasteiger partial charge on any atom is 0.295 e.